The van der Waals surface area contributed by atoms with E-state index in [1.54, 1.807) is 12.5 Å². The normalized spacial score (nSPS) is 27.0. The van der Waals surface area contributed by atoms with Crippen LogP contribution >= 0.6 is 0 Å². The molecule has 0 radical (unpaired) electrons. The van der Waals surface area contributed by atoms with Crippen LogP contribution in [0.25, 0.3) is 0 Å². The Morgan fingerprint density at radius 2 is 2.08 bits per heavy atom. The van der Waals surface area contributed by atoms with Crippen molar-refractivity contribution in [2.24, 2.45) is 5.92 Å². The number of carbonyl (C=O) groups excluding carboxylic acids is 1. The Morgan fingerprint density at radius 3 is 2.68 bits per heavy atom. The zero-order valence-electron chi connectivity index (χ0n) is 15.0. The summed E-state index contributed by atoms with van der Waals surface area (Å²) in [5.74, 6) is 0.789. The van der Waals surface area contributed by atoms with E-state index in [4.69, 9.17) is 14.2 Å². The lowest BCUT2D eigenvalue weighted by Crippen LogP contribution is -2.45. The van der Waals surface area contributed by atoms with Gasteiger partial charge >= 0.3 is 5.97 Å². The molecule has 0 aromatic rings. The molecule has 0 aromatic heterocycles. The number of carbonyl (C=O) groups is 1. The van der Waals surface area contributed by atoms with Gasteiger partial charge in [0, 0.05) is 6.04 Å². The Kier molecular flexibility index (Phi) is 5.97. The summed E-state index contributed by atoms with van der Waals surface area (Å²) in [5, 5.41) is 0. The van der Waals surface area contributed by atoms with Crippen molar-refractivity contribution in [3.05, 3.63) is 48.3 Å². The van der Waals surface area contributed by atoms with Gasteiger partial charge < -0.3 is 14.2 Å². The van der Waals surface area contributed by atoms with Gasteiger partial charge in [-0.15, -0.1) is 0 Å². The fourth-order valence-electron chi connectivity index (χ4n) is 3.99. The van der Waals surface area contributed by atoms with E-state index in [2.05, 4.69) is 30.2 Å². The predicted octanol–water partition coefficient (Wildman–Crippen LogP) is 3.65. The average Bonchev–Trinajstić information content (AvgIpc) is 2.69. The lowest BCUT2D eigenvalue weighted by atomic mass is 9.84. The van der Waals surface area contributed by atoms with E-state index in [1.165, 1.54) is 18.9 Å². The van der Waals surface area contributed by atoms with Crippen molar-refractivity contribution in [3.8, 4) is 0 Å². The second-order valence-corrected chi connectivity index (χ2v) is 6.85. The van der Waals surface area contributed by atoms with Crippen molar-refractivity contribution in [1.29, 1.82) is 0 Å². The Balaban J connectivity index is 1.72. The molecule has 2 aliphatic carbocycles. The molecule has 0 spiro atoms. The Hall–Kier alpha value is -2.01. The zero-order chi connectivity index (χ0) is 17.6. The van der Waals surface area contributed by atoms with Crippen LogP contribution in [0, 0.1) is 5.92 Å². The number of nitrogens with zero attached hydrogens (tertiary/aromatic N) is 1. The highest BCUT2D eigenvalue weighted by Crippen LogP contribution is 2.34. The quantitative estimate of drug-likeness (QED) is 0.712. The molecule has 5 heteroatoms. The average molecular weight is 345 g/mol. The van der Waals surface area contributed by atoms with Gasteiger partial charge in [0.2, 0.25) is 0 Å². The highest BCUT2D eigenvalue weighted by Gasteiger charge is 2.35. The molecule has 3 aliphatic rings. The van der Waals surface area contributed by atoms with Crippen molar-refractivity contribution in [3.63, 3.8) is 0 Å². The SMILES string of the molecule is COC(=O)C1CCC(N(C)C(C2=CC=CCC2)C2=COC=CO2)CC1. The van der Waals surface area contributed by atoms with Crippen molar-refractivity contribution < 1.29 is 19.0 Å². The molecule has 0 amide bonds. The first kappa shape index (κ1) is 17.8. The van der Waals surface area contributed by atoms with Crippen molar-refractivity contribution in [2.75, 3.05) is 14.2 Å². The molecule has 5 nitrogen and oxygen atoms in total. The number of hydrogen-bond donors (Lipinski definition) is 0. The highest BCUT2D eigenvalue weighted by molar-refractivity contribution is 5.72. The molecule has 1 heterocycles. The first-order valence-corrected chi connectivity index (χ1v) is 9.03. The third-order valence-corrected chi connectivity index (χ3v) is 5.40. The van der Waals surface area contributed by atoms with E-state index in [1.807, 2.05) is 0 Å². The van der Waals surface area contributed by atoms with E-state index in [0.29, 0.717) is 6.04 Å². The number of rotatable bonds is 5. The van der Waals surface area contributed by atoms with E-state index in [-0.39, 0.29) is 17.9 Å². The summed E-state index contributed by atoms with van der Waals surface area (Å²) in [6.45, 7) is 0. The van der Waals surface area contributed by atoms with Crippen LogP contribution in [0.1, 0.15) is 38.5 Å². The van der Waals surface area contributed by atoms with Gasteiger partial charge in [-0.1, -0.05) is 18.2 Å². The predicted molar refractivity (Wildman–Crippen MR) is 95.2 cm³/mol. The number of esters is 1. The smallest absolute Gasteiger partial charge is 0.308 e. The molecule has 1 aliphatic heterocycles. The third-order valence-electron chi connectivity index (χ3n) is 5.40. The summed E-state index contributed by atoms with van der Waals surface area (Å²) >= 11 is 0. The fourth-order valence-corrected chi connectivity index (χ4v) is 3.99. The summed E-state index contributed by atoms with van der Waals surface area (Å²) in [4.78, 5) is 14.1. The van der Waals surface area contributed by atoms with Gasteiger partial charge in [-0.25, -0.2) is 0 Å². The van der Waals surface area contributed by atoms with Crippen LogP contribution in [0.15, 0.2) is 48.3 Å². The van der Waals surface area contributed by atoms with Crippen LogP contribution < -0.4 is 0 Å². The second kappa shape index (κ2) is 8.39. The molecule has 1 atom stereocenters. The Labute approximate surface area is 149 Å². The standard InChI is InChI=1S/C20H27NO4/c1-21(17-10-8-16(9-11-17)20(22)23-2)19(15-6-4-3-5-7-15)18-14-24-12-13-25-18/h3-4,6,12-14,16-17,19H,5,7-11H2,1-2H3. The minimum atomic E-state index is -0.0744. The van der Waals surface area contributed by atoms with E-state index in [0.717, 1.165) is 44.3 Å². The molecule has 136 valence electrons. The molecule has 0 N–H and O–H groups in total. The van der Waals surface area contributed by atoms with Gasteiger partial charge in [0.25, 0.3) is 0 Å². The molecule has 3 rings (SSSR count). The molecular formula is C20H27NO4. The number of hydrogen-bond acceptors (Lipinski definition) is 5. The van der Waals surface area contributed by atoms with Crippen molar-refractivity contribution >= 4 is 5.97 Å². The molecule has 25 heavy (non-hydrogen) atoms. The Morgan fingerprint density at radius 1 is 1.28 bits per heavy atom. The maximum Gasteiger partial charge on any atom is 0.308 e. The molecule has 1 fully saturated rings. The van der Waals surface area contributed by atoms with Gasteiger partial charge in [0.15, 0.2) is 5.76 Å². The molecular weight excluding hydrogens is 318 g/mol. The van der Waals surface area contributed by atoms with Gasteiger partial charge in [0.1, 0.15) is 18.8 Å². The molecule has 1 saturated carbocycles. The van der Waals surface area contributed by atoms with Crippen LogP contribution in [0.5, 0.6) is 0 Å². The summed E-state index contributed by atoms with van der Waals surface area (Å²) in [7, 11) is 3.62. The summed E-state index contributed by atoms with van der Waals surface area (Å²) < 4.78 is 16.0. The molecule has 0 saturated heterocycles. The van der Waals surface area contributed by atoms with Crippen LogP contribution in [0.4, 0.5) is 0 Å². The topological polar surface area (TPSA) is 48.0 Å². The minimum Gasteiger partial charge on any atom is -0.469 e. The lowest BCUT2D eigenvalue weighted by Gasteiger charge is -2.40. The highest BCUT2D eigenvalue weighted by atomic mass is 16.5. The van der Waals surface area contributed by atoms with Gasteiger partial charge in [0.05, 0.1) is 19.1 Å². The van der Waals surface area contributed by atoms with Crippen LogP contribution in [-0.4, -0.2) is 37.1 Å². The number of ether oxygens (including phenoxy) is 3. The lowest BCUT2D eigenvalue weighted by molar-refractivity contribution is -0.146. The van der Waals surface area contributed by atoms with Gasteiger partial charge in [-0.2, -0.15) is 0 Å². The number of methoxy groups -OCH3 is 1. The first-order chi connectivity index (χ1) is 12.2. The summed E-state index contributed by atoms with van der Waals surface area (Å²) in [5.41, 5.74) is 1.34. The molecule has 0 bridgehead atoms. The summed E-state index contributed by atoms with van der Waals surface area (Å²) in [6, 6.07) is 0.475. The molecule has 0 aromatic carbocycles. The van der Waals surface area contributed by atoms with Crippen LogP contribution in [0.2, 0.25) is 0 Å². The maximum absolute atomic E-state index is 11.8. The Bertz CT molecular complexity index is 597. The maximum atomic E-state index is 11.8. The van der Waals surface area contributed by atoms with Crippen LogP contribution in [-0.2, 0) is 19.0 Å². The van der Waals surface area contributed by atoms with Crippen LogP contribution in [0.3, 0.4) is 0 Å². The van der Waals surface area contributed by atoms with E-state index >= 15 is 0 Å². The largest absolute Gasteiger partial charge is 0.469 e. The van der Waals surface area contributed by atoms with Gasteiger partial charge in [-0.3, -0.25) is 9.69 Å². The van der Waals surface area contributed by atoms with E-state index in [9.17, 15) is 4.79 Å². The number of likely N-dealkylation sites (N-methyl/N-ethyl adjacent to an activating group) is 1. The fraction of sp³-hybridized carbons (Fsp3) is 0.550. The monoisotopic (exact) mass is 345 g/mol. The van der Waals surface area contributed by atoms with Gasteiger partial charge in [-0.05, 0) is 51.1 Å². The first-order valence-electron chi connectivity index (χ1n) is 9.03. The summed E-state index contributed by atoms with van der Waals surface area (Å²) in [6.07, 6.45) is 17.1. The number of allylic oxidation sites excluding steroid dienone is 3. The van der Waals surface area contributed by atoms with Crippen molar-refractivity contribution in [1.82, 2.24) is 4.90 Å². The third kappa shape index (κ3) is 4.15. The van der Waals surface area contributed by atoms with Crippen molar-refractivity contribution in [2.45, 2.75) is 50.6 Å². The zero-order valence-corrected chi connectivity index (χ0v) is 15.0. The molecule has 1 unspecified atom stereocenters. The minimum absolute atomic E-state index is 0.0429. The second-order valence-electron chi connectivity index (χ2n) is 6.85. The van der Waals surface area contributed by atoms with E-state index < -0.39 is 0 Å².